The fraction of sp³-hybridized carbons (Fsp3) is 0.870. The van der Waals surface area contributed by atoms with Crippen molar-refractivity contribution in [1.82, 2.24) is 10.6 Å². The molecule has 0 aromatic rings. The highest BCUT2D eigenvalue weighted by Crippen LogP contribution is 2.74. The van der Waals surface area contributed by atoms with Gasteiger partial charge in [0.25, 0.3) is 0 Å². The maximum atomic E-state index is 15.6. The Morgan fingerprint density at radius 3 is 2.44 bits per heavy atom. The molecule has 372 valence electrons. The first-order valence-electron chi connectivity index (χ1n) is 27.0. The van der Waals surface area contributed by atoms with Gasteiger partial charge in [-0.15, -0.1) is 0 Å². The normalized spacial score (nSPS) is 45.2. The van der Waals surface area contributed by atoms with Crippen molar-refractivity contribution >= 4 is 5.78 Å². The van der Waals surface area contributed by atoms with E-state index in [2.05, 4.69) is 17.6 Å². The number of fused-ring (bicyclic) bond motifs is 8. The maximum Gasteiger partial charge on any atom is 0.182 e. The number of carbonyl (C=O) groups excluding carboxylic acids is 1. The molecule has 2 aliphatic heterocycles. The van der Waals surface area contributed by atoms with E-state index >= 15 is 4.79 Å². The zero-order valence-corrected chi connectivity index (χ0v) is 40.6. The van der Waals surface area contributed by atoms with Crippen molar-refractivity contribution in [2.45, 2.75) is 228 Å². The second kappa shape index (κ2) is 19.0. The zero-order valence-electron chi connectivity index (χ0n) is 40.6. The number of ether oxygens (including phenoxy) is 1. The fourth-order valence-corrected chi connectivity index (χ4v) is 17.5. The largest absolute Gasteiger partial charge is 0.396 e. The molecular weight excluding hydrogens is 835 g/mol. The van der Waals surface area contributed by atoms with E-state index in [4.69, 9.17) is 10.5 Å². The van der Waals surface area contributed by atoms with Gasteiger partial charge in [0.2, 0.25) is 0 Å². The Morgan fingerprint density at radius 1 is 0.939 bits per heavy atom. The SMILES string of the molecule is CCC[C@H]1CC[C@H]2[C@@H]3CCCC[C@](O)([C@](C)(O)[C@H]4CC[C@@]5(O)C6=C(NC[C@H](C)O)C(=O)[C@@H]7C[C@@H](O)[C@@H](O)C[C@]7(CCC7=C(CCCO)NC(N)C=C7)[C@H]6CC[C@]45C4CCCC4)[C@@H]3O[C@@H]2CC1. The van der Waals surface area contributed by atoms with Gasteiger partial charge in [0.15, 0.2) is 5.78 Å². The van der Waals surface area contributed by atoms with Gasteiger partial charge in [0.05, 0.1) is 53.6 Å². The van der Waals surface area contributed by atoms with Crippen LogP contribution in [0, 0.1) is 52.3 Å². The Kier molecular flexibility index (Phi) is 14.2. The number of allylic oxidation sites excluding steroid dienone is 4. The number of hydrogen-bond acceptors (Lipinski definition) is 12. The summed E-state index contributed by atoms with van der Waals surface area (Å²) in [6, 6.07) is 0. The summed E-state index contributed by atoms with van der Waals surface area (Å²) >= 11 is 0. The highest BCUT2D eigenvalue weighted by atomic mass is 16.5. The summed E-state index contributed by atoms with van der Waals surface area (Å²) in [7, 11) is 0. The van der Waals surface area contributed by atoms with Gasteiger partial charge in [-0.2, -0.15) is 0 Å². The monoisotopic (exact) mass is 922 g/mol. The zero-order chi connectivity index (χ0) is 46.8. The van der Waals surface area contributed by atoms with Crippen LogP contribution in [0.4, 0.5) is 0 Å². The van der Waals surface area contributed by atoms with Gasteiger partial charge in [-0.3, -0.25) is 4.79 Å². The van der Waals surface area contributed by atoms with Gasteiger partial charge >= 0.3 is 0 Å². The standard InChI is InChI=1S/C54H87N3O9/c1-4-10-33-15-18-36-37-13-7-8-24-54(65,49(37)66-43(36)19-16-33)50(3,63)44-23-27-53(64)46-38(22-26-52(44,53)35-11-5-6-12-35)51(25-21-34-17-20-45(55)57-40(34)14-9-28-58)30-42(61)41(60)29-39(51)48(62)47(46)56-31-32(2)59/h17,20,32-33,35-39,41-45,49,56-61,63-65H,4-16,18-19,21-31,55H2,1-3H3/t32-,33-,36-,37-,38-,39-,41+,42-,43+,44+,45?,49+,50+,51+,52-,53+,54+/m0/s1. The van der Waals surface area contributed by atoms with E-state index in [0.717, 1.165) is 81.4 Å². The molecule has 11 N–H and O–H groups in total. The Bertz CT molecular complexity index is 1860. The molecule has 0 aromatic heterocycles. The summed E-state index contributed by atoms with van der Waals surface area (Å²) in [6.07, 6.45) is 18.8. The number of Topliss-reactive ketones (excluding diaryl/α,β-unsaturated/α-hetero) is 1. The lowest BCUT2D eigenvalue weighted by Crippen LogP contribution is -2.70. The molecule has 12 nitrogen and oxygen atoms in total. The predicted octanol–water partition coefficient (Wildman–Crippen LogP) is 5.94. The van der Waals surface area contributed by atoms with Crippen LogP contribution in [0.25, 0.3) is 0 Å². The number of aliphatic hydroxyl groups is 7. The summed E-state index contributed by atoms with van der Waals surface area (Å²) in [5, 5.41) is 92.2. The molecule has 9 aliphatic rings. The number of rotatable bonds is 14. The minimum Gasteiger partial charge on any atom is -0.396 e. The molecule has 0 amide bonds. The summed E-state index contributed by atoms with van der Waals surface area (Å²) in [4.78, 5) is 15.6. The summed E-state index contributed by atoms with van der Waals surface area (Å²) in [5.74, 6) is -0.343. The molecule has 12 heteroatoms. The van der Waals surface area contributed by atoms with Crippen LogP contribution in [-0.4, -0.2) is 108 Å². The summed E-state index contributed by atoms with van der Waals surface area (Å²) in [5.41, 5.74) is 2.98. The fourth-order valence-electron chi connectivity index (χ4n) is 17.5. The Labute approximate surface area is 394 Å². The summed E-state index contributed by atoms with van der Waals surface area (Å²) in [6.45, 7) is 5.99. The number of dihydropyridines is 1. The van der Waals surface area contributed by atoms with E-state index in [0.29, 0.717) is 75.0 Å². The van der Waals surface area contributed by atoms with Crippen LogP contribution in [0.15, 0.2) is 34.7 Å². The molecule has 7 aliphatic carbocycles. The van der Waals surface area contributed by atoms with Crippen molar-refractivity contribution in [3.05, 3.63) is 34.7 Å². The number of nitrogens with one attached hydrogen (secondary N) is 2. The summed E-state index contributed by atoms with van der Waals surface area (Å²) < 4.78 is 7.17. The topological polar surface area (TPSA) is 218 Å². The highest BCUT2D eigenvalue weighted by Gasteiger charge is 2.76. The van der Waals surface area contributed by atoms with E-state index in [1.54, 1.807) is 6.92 Å². The van der Waals surface area contributed by atoms with E-state index < -0.39 is 63.9 Å². The van der Waals surface area contributed by atoms with Crippen LogP contribution in [0.2, 0.25) is 0 Å². The quantitative estimate of drug-likeness (QED) is 0.0981. The van der Waals surface area contributed by atoms with Crippen molar-refractivity contribution in [2.24, 2.45) is 58.0 Å². The first kappa shape index (κ1) is 49.1. The van der Waals surface area contributed by atoms with Crippen molar-refractivity contribution in [1.29, 1.82) is 0 Å². The Balaban J connectivity index is 1.14. The smallest absolute Gasteiger partial charge is 0.182 e. The third-order valence-electron chi connectivity index (χ3n) is 20.5. The van der Waals surface area contributed by atoms with E-state index in [1.165, 1.54) is 19.3 Å². The van der Waals surface area contributed by atoms with E-state index in [9.17, 15) is 35.7 Å². The molecule has 6 saturated carbocycles. The Hall–Kier alpha value is -1.87. The van der Waals surface area contributed by atoms with Crippen molar-refractivity contribution in [3.8, 4) is 0 Å². The number of ketones is 1. The first-order valence-corrected chi connectivity index (χ1v) is 27.0. The van der Waals surface area contributed by atoms with Gasteiger partial charge < -0.3 is 56.8 Å². The lowest BCUT2D eigenvalue weighted by Gasteiger charge is -2.65. The van der Waals surface area contributed by atoms with E-state index in [-0.39, 0.29) is 61.8 Å². The second-order valence-corrected chi connectivity index (χ2v) is 23.7. The predicted molar refractivity (Wildman–Crippen MR) is 253 cm³/mol. The number of carbonyl (C=O) groups is 1. The van der Waals surface area contributed by atoms with Crippen LogP contribution in [0.3, 0.4) is 0 Å². The lowest BCUT2D eigenvalue weighted by molar-refractivity contribution is -0.261. The molecule has 2 heterocycles. The van der Waals surface area contributed by atoms with Crippen molar-refractivity contribution in [2.75, 3.05) is 13.2 Å². The minimum absolute atomic E-state index is 0.0435. The van der Waals surface area contributed by atoms with E-state index in [1.807, 2.05) is 19.1 Å². The molecule has 0 aromatic carbocycles. The second-order valence-electron chi connectivity index (χ2n) is 23.7. The average molecular weight is 922 g/mol. The third kappa shape index (κ3) is 7.93. The number of nitrogens with two attached hydrogens (primary N) is 1. The van der Waals surface area contributed by atoms with Crippen LogP contribution < -0.4 is 16.4 Å². The van der Waals surface area contributed by atoms with Crippen LogP contribution in [0.1, 0.15) is 175 Å². The third-order valence-corrected chi connectivity index (χ3v) is 20.5. The number of aliphatic hydroxyl groups excluding tert-OH is 4. The lowest BCUT2D eigenvalue weighted by atomic mass is 9.41. The molecule has 0 radical (unpaired) electrons. The van der Waals surface area contributed by atoms with Crippen LogP contribution in [-0.2, 0) is 9.53 Å². The van der Waals surface area contributed by atoms with Gasteiger partial charge in [0, 0.05) is 30.2 Å². The van der Waals surface area contributed by atoms with Crippen molar-refractivity contribution < 1.29 is 45.3 Å². The van der Waals surface area contributed by atoms with Crippen LogP contribution >= 0.6 is 0 Å². The molecule has 66 heavy (non-hydrogen) atoms. The number of hydrogen-bond donors (Lipinski definition) is 10. The molecule has 9 rings (SSSR count). The first-order chi connectivity index (χ1) is 31.6. The van der Waals surface area contributed by atoms with Crippen LogP contribution in [0.5, 0.6) is 0 Å². The molecule has 0 bridgehead atoms. The van der Waals surface area contributed by atoms with Gasteiger partial charge in [-0.1, -0.05) is 57.9 Å². The highest BCUT2D eigenvalue weighted by molar-refractivity contribution is 6.00. The van der Waals surface area contributed by atoms with Gasteiger partial charge in [-0.25, -0.2) is 0 Å². The van der Waals surface area contributed by atoms with Gasteiger partial charge in [-0.05, 0) is 181 Å². The maximum absolute atomic E-state index is 15.6. The van der Waals surface area contributed by atoms with Gasteiger partial charge in [0.1, 0.15) is 5.60 Å². The minimum atomic E-state index is -1.62. The molecule has 0 spiro atoms. The molecular formula is C54H87N3O9. The van der Waals surface area contributed by atoms with Crippen molar-refractivity contribution in [3.63, 3.8) is 0 Å². The average Bonchev–Trinajstić information content (AvgIpc) is 3.96. The Morgan fingerprint density at radius 2 is 1.70 bits per heavy atom. The molecule has 1 unspecified atom stereocenters. The molecule has 17 atom stereocenters. The molecule has 1 saturated heterocycles. The molecule has 7 fully saturated rings.